The van der Waals surface area contributed by atoms with Crippen LogP contribution in [0.1, 0.15) is 77.6 Å². The van der Waals surface area contributed by atoms with Gasteiger partial charge in [0.2, 0.25) is 0 Å². The van der Waals surface area contributed by atoms with Gasteiger partial charge in [-0.15, -0.1) is 0 Å². The second-order valence-electron chi connectivity index (χ2n) is 10.1. The summed E-state index contributed by atoms with van der Waals surface area (Å²) >= 11 is 23.9. The number of unbranched alkanes of at least 4 members (excludes halogenated alkanes) is 2. The second kappa shape index (κ2) is 11.0. The number of rotatable bonds is 9. The van der Waals surface area contributed by atoms with Gasteiger partial charge in [0.05, 0.1) is 6.10 Å². The van der Waals surface area contributed by atoms with E-state index in [0.29, 0.717) is 11.8 Å². The van der Waals surface area contributed by atoms with E-state index < -0.39 is 8.67 Å². The normalized spacial score (nSPS) is 37.0. The molecule has 184 valence electrons. The molecule has 0 radical (unpaired) electrons. The topological polar surface area (TPSA) is 74.6 Å². The molecule has 0 aliphatic heterocycles. The quantitative estimate of drug-likeness (QED) is 0.289. The summed E-state index contributed by atoms with van der Waals surface area (Å²) in [6.45, 7) is 2.24. The first kappa shape index (κ1) is 27.0. The summed E-state index contributed by atoms with van der Waals surface area (Å²) in [5, 5.41) is 18.2. The second-order valence-corrected chi connectivity index (χ2v) is 12.9. The monoisotopic (exact) mass is 528 g/mol. The first-order valence-corrected chi connectivity index (χ1v) is 13.7. The molecule has 4 nitrogen and oxygen atoms in total. The Morgan fingerprint density at radius 2 is 1.34 bits per heavy atom. The Kier molecular flexibility index (Phi) is 9.28. The van der Waals surface area contributed by atoms with Gasteiger partial charge in [0.1, 0.15) is 0 Å². The van der Waals surface area contributed by atoms with Crippen molar-refractivity contribution in [2.24, 2.45) is 35.5 Å². The molecule has 8 heteroatoms. The number of halogens is 4. The Balaban J connectivity index is 0.000000181. The number of Topliss-reactive ketones (excluding diaryl/α,β-unsaturated/α-hetero) is 2. The molecule has 0 bridgehead atoms. The summed E-state index contributed by atoms with van der Waals surface area (Å²) in [6.07, 6.45) is 10.4. The van der Waals surface area contributed by atoms with E-state index in [1.54, 1.807) is 0 Å². The highest BCUT2D eigenvalue weighted by Crippen LogP contribution is 2.60. The van der Waals surface area contributed by atoms with E-state index >= 15 is 0 Å². The largest absolute Gasteiger partial charge is 0.396 e. The Hall–Kier alpha value is 0.420. The van der Waals surface area contributed by atoms with Crippen LogP contribution in [-0.2, 0) is 9.59 Å². The molecule has 7 unspecified atom stereocenters. The van der Waals surface area contributed by atoms with Crippen LogP contribution in [0, 0.1) is 35.5 Å². The standard InChI is InChI=1S/2C12H18Cl2O2/c1-2-8(15)5-3-7-4-6-9-10(7)11(16)12(9,13)14;13-12(14)9-6-5-8(10(9)11(12)16)4-2-1-3-7-15/h7-10,15H,2-6H2,1H3;8-10,15H,1-7H2. The fourth-order valence-electron chi connectivity index (χ4n) is 6.34. The van der Waals surface area contributed by atoms with Gasteiger partial charge >= 0.3 is 0 Å². The molecule has 0 aromatic rings. The van der Waals surface area contributed by atoms with Gasteiger partial charge < -0.3 is 10.2 Å². The molecule has 0 heterocycles. The molecule has 4 aliphatic carbocycles. The molecule has 0 spiro atoms. The number of alkyl halides is 4. The van der Waals surface area contributed by atoms with E-state index in [2.05, 4.69) is 0 Å². The lowest BCUT2D eigenvalue weighted by molar-refractivity contribution is -0.136. The molecule has 0 aromatic carbocycles. The SMILES string of the molecule is CCC(O)CCC1CCC2C1C(=O)C2(Cl)Cl.O=C1C2C(CCCCCO)CCC2C1(Cl)Cl. The lowest BCUT2D eigenvalue weighted by Gasteiger charge is -2.43. The number of carbonyl (C=O) groups excluding carboxylic acids is 2. The van der Waals surface area contributed by atoms with Gasteiger partial charge in [-0.25, -0.2) is 0 Å². The molecule has 4 aliphatic rings. The maximum Gasteiger partial charge on any atom is 0.179 e. The van der Waals surface area contributed by atoms with Gasteiger partial charge in [-0.2, -0.15) is 0 Å². The summed E-state index contributed by atoms with van der Waals surface area (Å²) in [6, 6.07) is 0. The van der Waals surface area contributed by atoms with Crippen LogP contribution in [-0.4, -0.2) is 43.2 Å². The van der Waals surface area contributed by atoms with Crippen molar-refractivity contribution in [3.05, 3.63) is 0 Å². The zero-order valence-electron chi connectivity index (χ0n) is 18.7. The lowest BCUT2D eigenvalue weighted by atomic mass is 9.69. The first-order valence-electron chi connectivity index (χ1n) is 12.2. The van der Waals surface area contributed by atoms with Crippen molar-refractivity contribution in [3.63, 3.8) is 0 Å². The van der Waals surface area contributed by atoms with Crippen molar-refractivity contribution in [1.29, 1.82) is 0 Å². The van der Waals surface area contributed by atoms with E-state index in [1.807, 2.05) is 6.92 Å². The van der Waals surface area contributed by atoms with E-state index in [0.717, 1.165) is 70.6 Å². The van der Waals surface area contributed by atoms with Crippen LogP contribution in [0.4, 0.5) is 0 Å². The maximum atomic E-state index is 11.8. The van der Waals surface area contributed by atoms with Crippen molar-refractivity contribution < 1.29 is 19.8 Å². The van der Waals surface area contributed by atoms with Crippen LogP contribution in [0.15, 0.2) is 0 Å². The number of hydrogen-bond acceptors (Lipinski definition) is 4. The Morgan fingerprint density at radius 3 is 1.81 bits per heavy atom. The van der Waals surface area contributed by atoms with E-state index in [9.17, 15) is 14.7 Å². The molecule has 2 N–H and O–H groups in total. The summed E-state index contributed by atoms with van der Waals surface area (Å²) in [7, 11) is 0. The van der Waals surface area contributed by atoms with Crippen molar-refractivity contribution in [1.82, 2.24) is 0 Å². The summed E-state index contributed by atoms with van der Waals surface area (Å²) < 4.78 is -2.19. The van der Waals surface area contributed by atoms with Gasteiger partial charge in [0, 0.05) is 30.3 Å². The highest BCUT2D eigenvalue weighted by Gasteiger charge is 2.65. The van der Waals surface area contributed by atoms with Crippen LogP contribution in [0.5, 0.6) is 0 Å². The van der Waals surface area contributed by atoms with Crippen molar-refractivity contribution >= 4 is 58.0 Å². The third-order valence-corrected chi connectivity index (χ3v) is 10.2. The third kappa shape index (κ3) is 5.16. The maximum absolute atomic E-state index is 11.8. The molecule has 7 atom stereocenters. The molecular formula is C24H36Cl4O4. The van der Waals surface area contributed by atoms with Gasteiger partial charge in [0.15, 0.2) is 20.2 Å². The lowest BCUT2D eigenvalue weighted by Crippen LogP contribution is -2.55. The summed E-state index contributed by atoms with van der Waals surface area (Å²) in [4.78, 5) is 23.5. The van der Waals surface area contributed by atoms with Crippen LogP contribution in [0.2, 0.25) is 0 Å². The van der Waals surface area contributed by atoms with Crippen molar-refractivity contribution in [2.75, 3.05) is 6.61 Å². The molecule has 0 amide bonds. The summed E-state index contributed by atoms with van der Waals surface area (Å²) in [5.41, 5.74) is 0. The van der Waals surface area contributed by atoms with Crippen LogP contribution in [0.25, 0.3) is 0 Å². The number of fused-ring (bicyclic) bond motifs is 2. The first-order chi connectivity index (χ1) is 15.1. The average Bonchev–Trinajstić information content (AvgIpc) is 3.37. The Morgan fingerprint density at radius 1 is 0.844 bits per heavy atom. The number of aliphatic hydroxyl groups excluding tert-OH is 2. The molecule has 0 saturated heterocycles. The van der Waals surface area contributed by atoms with Gasteiger partial charge in [-0.1, -0.05) is 66.2 Å². The Bertz CT molecular complexity index is 683. The van der Waals surface area contributed by atoms with Gasteiger partial charge in [0.25, 0.3) is 0 Å². The molecule has 0 aromatic heterocycles. The number of aliphatic hydroxyl groups is 2. The predicted octanol–water partition coefficient (Wildman–Crippen LogP) is 5.87. The van der Waals surface area contributed by atoms with Gasteiger partial charge in [-0.05, 0) is 69.6 Å². The minimum Gasteiger partial charge on any atom is -0.396 e. The molecule has 4 fully saturated rings. The zero-order valence-corrected chi connectivity index (χ0v) is 21.8. The van der Waals surface area contributed by atoms with E-state index in [4.69, 9.17) is 51.5 Å². The van der Waals surface area contributed by atoms with E-state index in [-0.39, 0.29) is 47.9 Å². The predicted molar refractivity (Wildman–Crippen MR) is 129 cm³/mol. The van der Waals surface area contributed by atoms with Crippen molar-refractivity contribution in [2.45, 2.75) is 92.3 Å². The van der Waals surface area contributed by atoms with Crippen LogP contribution < -0.4 is 0 Å². The van der Waals surface area contributed by atoms with Gasteiger partial charge in [-0.3, -0.25) is 9.59 Å². The molecule has 4 saturated carbocycles. The molecule has 32 heavy (non-hydrogen) atoms. The van der Waals surface area contributed by atoms with Crippen LogP contribution >= 0.6 is 46.4 Å². The fourth-order valence-corrected chi connectivity index (χ4v) is 7.82. The number of ketones is 2. The summed E-state index contributed by atoms with van der Waals surface area (Å²) in [5.74, 6) is 1.49. The highest BCUT2D eigenvalue weighted by atomic mass is 35.5. The smallest absolute Gasteiger partial charge is 0.179 e. The van der Waals surface area contributed by atoms with E-state index in [1.165, 1.54) is 0 Å². The highest BCUT2D eigenvalue weighted by molar-refractivity contribution is 6.61. The molecule has 4 rings (SSSR count). The van der Waals surface area contributed by atoms with Crippen molar-refractivity contribution in [3.8, 4) is 0 Å². The number of hydrogen-bond donors (Lipinski definition) is 2. The van der Waals surface area contributed by atoms with Crippen LogP contribution in [0.3, 0.4) is 0 Å². The number of carbonyl (C=O) groups is 2. The fraction of sp³-hybridized carbons (Fsp3) is 0.917. The third-order valence-electron chi connectivity index (χ3n) is 8.35. The minimum atomic E-state index is -1.11. The zero-order chi connectivity index (χ0) is 23.7. The minimum absolute atomic E-state index is 0.00863. The Labute approximate surface area is 211 Å². The molecular weight excluding hydrogens is 494 g/mol. The average molecular weight is 530 g/mol.